The highest BCUT2D eigenvalue weighted by molar-refractivity contribution is 7.98. The van der Waals surface area contributed by atoms with Crippen LogP contribution in [0.5, 0.6) is 0 Å². The van der Waals surface area contributed by atoms with Crippen LogP contribution in [0.15, 0.2) is 48.1 Å². The van der Waals surface area contributed by atoms with Gasteiger partial charge in [0.05, 0.1) is 5.75 Å². The van der Waals surface area contributed by atoms with Crippen LogP contribution in [0.4, 0.5) is 0 Å². The molecule has 3 aromatic rings. The van der Waals surface area contributed by atoms with Gasteiger partial charge in [-0.25, -0.2) is 9.67 Å². The summed E-state index contributed by atoms with van der Waals surface area (Å²) in [5.41, 5.74) is 1.31. The summed E-state index contributed by atoms with van der Waals surface area (Å²) in [6, 6.07) is 10.4. The van der Waals surface area contributed by atoms with E-state index in [-0.39, 0.29) is 0 Å². The monoisotopic (exact) mass is 300 g/mol. The van der Waals surface area contributed by atoms with E-state index in [0.29, 0.717) is 0 Å². The van der Waals surface area contributed by atoms with Gasteiger partial charge in [0, 0.05) is 13.6 Å². The standard InChI is InChI=1S/C14H16N6S/c1-19-11-16-18-14(19)21-9-13-15-10-17-20(13)8-7-12-5-3-2-4-6-12/h2-6,10-11H,7-9H2,1H3. The molecule has 108 valence electrons. The van der Waals surface area contributed by atoms with Crippen molar-refractivity contribution in [2.45, 2.75) is 23.9 Å². The first-order valence-electron chi connectivity index (χ1n) is 6.70. The Hall–Kier alpha value is -2.15. The number of thioether (sulfide) groups is 1. The van der Waals surface area contributed by atoms with Crippen molar-refractivity contribution in [1.82, 2.24) is 29.5 Å². The maximum atomic E-state index is 4.33. The van der Waals surface area contributed by atoms with Crippen molar-refractivity contribution in [3.05, 3.63) is 54.4 Å². The summed E-state index contributed by atoms with van der Waals surface area (Å²) in [5.74, 6) is 1.69. The lowest BCUT2D eigenvalue weighted by Gasteiger charge is -2.06. The SMILES string of the molecule is Cn1cnnc1SCc1ncnn1CCc1ccccc1. The van der Waals surface area contributed by atoms with Crippen molar-refractivity contribution in [1.29, 1.82) is 0 Å². The van der Waals surface area contributed by atoms with Gasteiger partial charge in [0.25, 0.3) is 0 Å². The quantitative estimate of drug-likeness (QED) is 0.651. The summed E-state index contributed by atoms with van der Waals surface area (Å²) < 4.78 is 3.85. The molecular weight excluding hydrogens is 284 g/mol. The molecule has 0 aliphatic heterocycles. The van der Waals surface area contributed by atoms with E-state index in [1.807, 2.05) is 22.4 Å². The van der Waals surface area contributed by atoms with Crippen LogP contribution in [-0.2, 0) is 25.8 Å². The lowest BCUT2D eigenvalue weighted by Crippen LogP contribution is -2.07. The number of hydrogen-bond acceptors (Lipinski definition) is 5. The molecule has 0 amide bonds. The van der Waals surface area contributed by atoms with Crippen LogP contribution in [0, 0.1) is 0 Å². The summed E-state index contributed by atoms with van der Waals surface area (Å²) in [6.07, 6.45) is 4.26. The molecule has 0 N–H and O–H groups in total. The van der Waals surface area contributed by atoms with Crippen LogP contribution >= 0.6 is 11.8 Å². The fraction of sp³-hybridized carbons (Fsp3) is 0.286. The molecule has 1 aromatic carbocycles. The highest BCUT2D eigenvalue weighted by Gasteiger charge is 2.08. The van der Waals surface area contributed by atoms with Gasteiger partial charge in [-0.15, -0.1) is 10.2 Å². The van der Waals surface area contributed by atoms with Gasteiger partial charge in [-0.3, -0.25) is 0 Å². The number of nitrogens with zero attached hydrogens (tertiary/aromatic N) is 6. The van der Waals surface area contributed by atoms with Crippen molar-refractivity contribution in [2.24, 2.45) is 7.05 Å². The highest BCUT2D eigenvalue weighted by atomic mass is 32.2. The molecule has 0 unspecified atom stereocenters. The summed E-state index contributed by atoms with van der Waals surface area (Å²) in [6.45, 7) is 0.832. The Bertz CT molecular complexity index is 690. The Kier molecular flexibility index (Phi) is 4.30. The third-order valence-electron chi connectivity index (χ3n) is 3.15. The van der Waals surface area contributed by atoms with E-state index in [1.165, 1.54) is 5.56 Å². The molecule has 0 saturated heterocycles. The smallest absolute Gasteiger partial charge is 0.191 e. The van der Waals surface area contributed by atoms with E-state index in [0.717, 1.165) is 29.7 Å². The largest absolute Gasteiger partial charge is 0.312 e. The molecule has 7 heteroatoms. The zero-order valence-corrected chi connectivity index (χ0v) is 12.6. The minimum absolute atomic E-state index is 0.737. The van der Waals surface area contributed by atoms with E-state index in [4.69, 9.17) is 0 Å². The number of benzene rings is 1. The predicted molar refractivity (Wildman–Crippen MR) is 80.7 cm³/mol. The van der Waals surface area contributed by atoms with Crippen LogP contribution in [0.2, 0.25) is 0 Å². The highest BCUT2D eigenvalue weighted by Crippen LogP contribution is 2.18. The van der Waals surface area contributed by atoms with Gasteiger partial charge in [0.1, 0.15) is 18.5 Å². The predicted octanol–water partition coefficient (Wildman–Crippen LogP) is 1.94. The Morgan fingerprint density at radius 3 is 2.81 bits per heavy atom. The molecule has 6 nitrogen and oxygen atoms in total. The van der Waals surface area contributed by atoms with E-state index in [9.17, 15) is 0 Å². The first-order chi connectivity index (χ1) is 10.3. The van der Waals surface area contributed by atoms with Crippen molar-refractivity contribution >= 4 is 11.8 Å². The zero-order valence-electron chi connectivity index (χ0n) is 11.8. The lowest BCUT2D eigenvalue weighted by molar-refractivity contribution is 0.592. The van der Waals surface area contributed by atoms with Gasteiger partial charge < -0.3 is 4.57 Å². The van der Waals surface area contributed by atoms with Crippen molar-refractivity contribution in [2.75, 3.05) is 0 Å². The number of rotatable bonds is 6. The minimum Gasteiger partial charge on any atom is -0.312 e. The second-order valence-electron chi connectivity index (χ2n) is 4.65. The van der Waals surface area contributed by atoms with Gasteiger partial charge in [0.15, 0.2) is 5.16 Å². The molecule has 2 heterocycles. The van der Waals surface area contributed by atoms with Gasteiger partial charge in [-0.2, -0.15) is 5.10 Å². The second kappa shape index (κ2) is 6.53. The zero-order chi connectivity index (χ0) is 14.5. The minimum atomic E-state index is 0.737. The van der Waals surface area contributed by atoms with E-state index >= 15 is 0 Å². The molecule has 0 saturated carbocycles. The number of hydrogen-bond donors (Lipinski definition) is 0. The van der Waals surface area contributed by atoms with E-state index in [2.05, 4.69) is 44.5 Å². The van der Waals surface area contributed by atoms with Crippen molar-refractivity contribution in [3.8, 4) is 0 Å². The fourth-order valence-corrected chi connectivity index (χ4v) is 2.84. The second-order valence-corrected chi connectivity index (χ2v) is 5.59. The molecule has 0 fully saturated rings. The molecule has 0 aliphatic rings. The Labute approximate surface area is 127 Å². The van der Waals surface area contributed by atoms with Crippen molar-refractivity contribution in [3.63, 3.8) is 0 Å². The first-order valence-corrected chi connectivity index (χ1v) is 7.69. The van der Waals surface area contributed by atoms with Gasteiger partial charge >= 0.3 is 0 Å². The Morgan fingerprint density at radius 1 is 1.19 bits per heavy atom. The van der Waals surface area contributed by atoms with Crippen LogP contribution < -0.4 is 0 Å². The third-order valence-corrected chi connectivity index (χ3v) is 4.18. The maximum absolute atomic E-state index is 4.33. The fourth-order valence-electron chi connectivity index (χ4n) is 2.00. The summed E-state index contributed by atoms with van der Waals surface area (Å²) >= 11 is 1.61. The molecule has 0 spiro atoms. The molecule has 0 bridgehead atoms. The molecule has 2 aromatic heterocycles. The summed E-state index contributed by atoms with van der Waals surface area (Å²) in [7, 11) is 1.93. The molecule has 3 rings (SSSR count). The van der Waals surface area contributed by atoms with Gasteiger partial charge in [-0.05, 0) is 12.0 Å². The van der Waals surface area contributed by atoms with E-state index < -0.39 is 0 Å². The first kappa shape index (κ1) is 13.8. The third kappa shape index (κ3) is 3.49. The van der Waals surface area contributed by atoms with Gasteiger partial charge in [-0.1, -0.05) is 42.1 Å². The molecule has 21 heavy (non-hydrogen) atoms. The van der Waals surface area contributed by atoms with Crippen LogP contribution in [0.3, 0.4) is 0 Å². The summed E-state index contributed by atoms with van der Waals surface area (Å²) in [5, 5.41) is 13.1. The topological polar surface area (TPSA) is 61.4 Å². The average Bonchev–Trinajstić information content (AvgIpc) is 3.13. The number of aryl methyl sites for hydroxylation is 3. The van der Waals surface area contributed by atoms with E-state index in [1.54, 1.807) is 24.4 Å². The number of aromatic nitrogens is 6. The lowest BCUT2D eigenvalue weighted by atomic mass is 10.1. The Balaban J connectivity index is 1.60. The van der Waals surface area contributed by atoms with Gasteiger partial charge in [0.2, 0.25) is 0 Å². The van der Waals surface area contributed by atoms with Crippen LogP contribution in [-0.4, -0.2) is 29.5 Å². The molecular formula is C14H16N6S. The Morgan fingerprint density at radius 2 is 2.05 bits per heavy atom. The average molecular weight is 300 g/mol. The van der Waals surface area contributed by atoms with Crippen molar-refractivity contribution < 1.29 is 0 Å². The maximum Gasteiger partial charge on any atom is 0.191 e. The van der Waals surface area contributed by atoms with Crippen LogP contribution in [0.25, 0.3) is 0 Å². The summed E-state index contributed by atoms with van der Waals surface area (Å²) in [4.78, 5) is 4.33. The molecule has 0 aliphatic carbocycles. The molecule has 0 atom stereocenters. The normalized spacial score (nSPS) is 10.9. The molecule has 0 radical (unpaired) electrons. The van der Waals surface area contributed by atoms with Crippen LogP contribution in [0.1, 0.15) is 11.4 Å².